The van der Waals surface area contributed by atoms with Gasteiger partial charge in [0.15, 0.2) is 0 Å². The lowest BCUT2D eigenvalue weighted by atomic mass is 9.96. The van der Waals surface area contributed by atoms with Gasteiger partial charge in [-0.15, -0.1) is 0 Å². The summed E-state index contributed by atoms with van der Waals surface area (Å²) in [6.07, 6.45) is 1.10. The zero-order valence-corrected chi connectivity index (χ0v) is 15.0. The highest BCUT2D eigenvalue weighted by Gasteiger charge is 2.13. The van der Waals surface area contributed by atoms with Crippen LogP contribution in [0.1, 0.15) is 47.2 Å². The van der Waals surface area contributed by atoms with E-state index in [1.54, 1.807) is 0 Å². The second-order valence-corrected chi connectivity index (χ2v) is 6.58. The lowest BCUT2D eigenvalue weighted by Crippen LogP contribution is -2.27. The van der Waals surface area contributed by atoms with E-state index in [0.29, 0.717) is 12.8 Å². The highest BCUT2D eigenvalue weighted by atomic mass is 35.5. The first kappa shape index (κ1) is 17.6. The molecule has 1 N–H and O–H groups in total. The van der Waals surface area contributed by atoms with Gasteiger partial charge in [0.05, 0.1) is 6.04 Å². The van der Waals surface area contributed by atoms with Gasteiger partial charge in [-0.05, 0) is 68.0 Å². The van der Waals surface area contributed by atoms with Gasteiger partial charge >= 0.3 is 0 Å². The van der Waals surface area contributed by atoms with Gasteiger partial charge in [0.25, 0.3) is 0 Å². The maximum absolute atomic E-state index is 12.2. The van der Waals surface area contributed by atoms with E-state index < -0.39 is 0 Å². The molecule has 2 nitrogen and oxygen atoms in total. The van der Waals surface area contributed by atoms with Gasteiger partial charge in [0.2, 0.25) is 5.91 Å². The summed E-state index contributed by atoms with van der Waals surface area (Å²) in [6.45, 7) is 8.34. The van der Waals surface area contributed by atoms with Crippen LogP contribution in [0.3, 0.4) is 0 Å². The molecule has 0 radical (unpaired) electrons. The number of nitrogens with one attached hydrogen (secondary N) is 1. The van der Waals surface area contributed by atoms with Gasteiger partial charge in [-0.3, -0.25) is 4.79 Å². The predicted molar refractivity (Wildman–Crippen MR) is 97.0 cm³/mol. The van der Waals surface area contributed by atoms with E-state index in [4.69, 9.17) is 11.6 Å². The molecule has 122 valence electrons. The van der Waals surface area contributed by atoms with Crippen molar-refractivity contribution in [2.24, 2.45) is 0 Å². The highest BCUT2D eigenvalue weighted by molar-refractivity contribution is 6.31. The van der Waals surface area contributed by atoms with Crippen molar-refractivity contribution in [1.82, 2.24) is 5.32 Å². The van der Waals surface area contributed by atoms with Crippen molar-refractivity contribution in [3.05, 3.63) is 69.2 Å². The van der Waals surface area contributed by atoms with Crippen LogP contribution in [0, 0.1) is 20.8 Å². The number of hydrogen-bond donors (Lipinski definition) is 1. The quantitative estimate of drug-likeness (QED) is 0.814. The van der Waals surface area contributed by atoms with Crippen LogP contribution in [0.2, 0.25) is 5.02 Å². The molecule has 1 unspecified atom stereocenters. The predicted octanol–water partition coefficient (Wildman–Crippen LogP) is 5.08. The van der Waals surface area contributed by atoms with Gasteiger partial charge < -0.3 is 5.32 Å². The minimum absolute atomic E-state index is 0.00745. The molecule has 0 heterocycles. The largest absolute Gasteiger partial charge is 0.350 e. The number of benzene rings is 2. The summed E-state index contributed by atoms with van der Waals surface area (Å²) in [6, 6.07) is 12.0. The maximum Gasteiger partial charge on any atom is 0.220 e. The van der Waals surface area contributed by atoms with E-state index in [0.717, 1.165) is 10.6 Å². The molecular weight excluding hydrogens is 306 g/mol. The summed E-state index contributed by atoms with van der Waals surface area (Å²) in [5.41, 5.74) is 5.94. The maximum atomic E-state index is 12.2. The first-order chi connectivity index (χ1) is 10.9. The molecule has 0 aliphatic heterocycles. The Bertz CT molecular complexity index is 709. The van der Waals surface area contributed by atoms with Crippen molar-refractivity contribution in [2.75, 3.05) is 0 Å². The van der Waals surface area contributed by atoms with Crippen LogP contribution in [-0.4, -0.2) is 5.91 Å². The molecule has 0 aliphatic rings. The zero-order valence-electron chi connectivity index (χ0n) is 14.2. The minimum atomic E-state index is 0.00745. The van der Waals surface area contributed by atoms with Crippen LogP contribution in [-0.2, 0) is 11.2 Å². The number of halogens is 1. The van der Waals surface area contributed by atoms with Gasteiger partial charge in [0, 0.05) is 11.4 Å². The van der Waals surface area contributed by atoms with Gasteiger partial charge in [-0.1, -0.05) is 41.9 Å². The standard InChI is InChI=1S/C20H24ClNO/c1-13-11-15(3)18(12-14(13)2)16(4)22-20(23)10-9-17-7-5-6-8-19(17)21/h5-8,11-12,16H,9-10H2,1-4H3,(H,22,23). The fraction of sp³-hybridized carbons (Fsp3) is 0.350. The molecule has 0 spiro atoms. The van der Waals surface area contributed by atoms with Crippen molar-refractivity contribution >= 4 is 17.5 Å². The van der Waals surface area contributed by atoms with Crippen LogP contribution in [0.25, 0.3) is 0 Å². The molecule has 0 aliphatic carbocycles. The topological polar surface area (TPSA) is 29.1 Å². The van der Waals surface area contributed by atoms with Crippen molar-refractivity contribution in [1.29, 1.82) is 0 Å². The van der Waals surface area contributed by atoms with Crippen LogP contribution >= 0.6 is 11.6 Å². The average Bonchev–Trinajstić information content (AvgIpc) is 2.50. The number of carbonyl (C=O) groups is 1. The first-order valence-electron chi connectivity index (χ1n) is 7.99. The molecule has 2 aromatic carbocycles. The molecule has 0 saturated heterocycles. The lowest BCUT2D eigenvalue weighted by Gasteiger charge is -2.18. The molecule has 2 aromatic rings. The fourth-order valence-corrected chi connectivity index (χ4v) is 3.02. The molecule has 0 saturated carbocycles. The Morgan fingerprint density at radius 2 is 1.74 bits per heavy atom. The van der Waals surface area contributed by atoms with E-state index in [1.807, 2.05) is 31.2 Å². The smallest absolute Gasteiger partial charge is 0.220 e. The monoisotopic (exact) mass is 329 g/mol. The van der Waals surface area contributed by atoms with Gasteiger partial charge in [0.1, 0.15) is 0 Å². The summed E-state index contributed by atoms with van der Waals surface area (Å²) >= 11 is 6.13. The third-order valence-corrected chi connectivity index (χ3v) is 4.67. The van der Waals surface area contributed by atoms with Crippen molar-refractivity contribution in [2.45, 2.75) is 46.6 Å². The molecule has 0 bridgehead atoms. The average molecular weight is 330 g/mol. The van der Waals surface area contributed by atoms with E-state index in [1.165, 1.54) is 22.3 Å². The SMILES string of the molecule is Cc1cc(C)c(C(C)NC(=O)CCc2ccccc2Cl)cc1C. The van der Waals surface area contributed by atoms with Crippen molar-refractivity contribution in [3.8, 4) is 0 Å². The Balaban J connectivity index is 1.97. The second-order valence-electron chi connectivity index (χ2n) is 6.17. The Morgan fingerprint density at radius 3 is 2.43 bits per heavy atom. The Labute approximate surface area is 143 Å². The van der Waals surface area contributed by atoms with Crippen molar-refractivity contribution in [3.63, 3.8) is 0 Å². The molecular formula is C20H24ClNO. The highest BCUT2D eigenvalue weighted by Crippen LogP contribution is 2.22. The molecule has 0 aromatic heterocycles. The third kappa shape index (κ3) is 4.59. The molecule has 1 atom stereocenters. The van der Waals surface area contributed by atoms with Gasteiger partial charge in [-0.2, -0.15) is 0 Å². The summed E-state index contributed by atoms with van der Waals surface area (Å²) in [4.78, 5) is 12.2. The minimum Gasteiger partial charge on any atom is -0.350 e. The first-order valence-corrected chi connectivity index (χ1v) is 8.36. The van der Waals surface area contributed by atoms with Gasteiger partial charge in [-0.25, -0.2) is 0 Å². The summed E-state index contributed by atoms with van der Waals surface area (Å²) in [5, 5.41) is 3.81. The zero-order chi connectivity index (χ0) is 17.0. The number of amides is 1. The van der Waals surface area contributed by atoms with Crippen LogP contribution < -0.4 is 5.32 Å². The Hall–Kier alpha value is -1.80. The molecule has 3 heteroatoms. The van der Waals surface area contributed by atoms with E-state index in [2.05, 4.69) is 38.2 Å². The number of rotatable bonds is 5. The van der Waals surface area contributed by atoms with Crippen LogP contribution in [0.5, 0.6) is 0 Å². The Kier molecular flexibility index (Phi) is 5.84. The Morgan fingerprint density at radius 1 is 1.09 bits per heavy atom. The summed E-state index contributed by atoms with van der Waals surface area (Å²) in [5.74, 6) is 0.0510. The molecule has 2 rings (SSSR count). The van der Waals surface area contributed by atoms with E-state index in [-0.39, 0.29) is 11.9 Å². The molecule has 0 fully saturated rings. The molecule has 23 heavy (non-hydrogen) atoms. The van der Waals surface area contributed by atoms with Crippen LogP contribution in [0.15, 0.2) is 36.4 Å². The summed E-state index contributed by atoms with van der Waals surface area (Å²) < 4.78 is 0. The lowest BCUT2D eigenvalue weighted by molar-refractivity contribution is -0.121. The number of hydrogen-bond acceptors (Lipinski definition) is 1. The molecule has 1 amide bonds. The number of carbonyl (C=O) groups excluding carboxylic acids is 1. The third-order valence-electron chi connectivity index (χ3n) is 4.31. The number of aryl methyl sites for hydroxylation is 4. The summed E-state index contributed by atoms with van der Waals surface area (Å²) in [7, 11) is 0. The van der Waals surface area contributed by atoms with Crippen LogP contribution in [0.4, 0.5) is 0 Å². The second kappa shape index (κ2) is 7.65. The van der Waals surface area contributed by atoms with E-state index in [9.17, 15) is 4.79 Å². The van der Waals surface area contributed by atoms with E-state index >= 15 is 0 Å². The van der Waals surface area contributed by atoms with Crippen molar-refractivity contribution < 1.29 is 4.79 Å². The normalized spacial score (nSPS) is 12.0. The fourth-order valence-electron chi connectivity index (χ4n) is 2.79.